The minimum absolute atomic E-state index is 0.227. The second-order valence-electron chi connectivity index (χ2n) is 8.59. The van der Waals surface area contributed by atoms with Crippen LogP contribution in [0.5, 0.6) is 0 Å². The molecule has 2 aromatic rings. The molecule has 0 aliphatic carbocycles. The molecule has 2 fully saturated rings. The molecular weight excluding hydrogens is 397 g/mol. The number of piperidine rings is 1. The SMILES string of the molecule is Cc1ccc(C)c(CN2C(=O)NC3(CCN(C(=O)c4ccc(C)c(F)c4)CC3)C2=O)c1. The molecule has 1 N–H and O–H groups in total. The number of rotatable bonds is 3. The second-order valence-corrected chi connectivity index (χ2v) is 8.59. The highest BCUT2D eigenvalue weighted by Crippen LogP contribution is 2.31. The lowest BCUT2D eigenvalue weighted by atomic mass is 9.87. The van der Waals surface area contributed by atoms with E-state index in [0.29, 0.717) is 31.5 Å². The molecule has 2 aliphatic heterocycles. The van der Waals surface area contributed by atoms with E-state index < -0.39 is 17.4 Å². The number of carbonyl (C=O) groups is 3. The molecule has 2 aromatic carbocycles. The maximum absolute atomic E-state index is 13.8. The van der Waals surface area contributed by atoms with Gasteiger partial charge in [-0.2, -0.15) is 0 Å². The quantitative estimate of drug-likeness (QED) is 0.769. The van der Waals surface area contributed by atoms with Gasteiger partial charge in [-0.3, -0.25) is 14.5 Å². The summed E-state index contributed by atoms with van der Waals surface area (Å²) in [6, 6.07) is 10.0. The standard InChI is InChI=1S/C24H26FN3O3/c1-15-4-5-16(2)19(12-15)14-28-22(30)24(26-23(28)31)8-10-27(11-9-24)21(29)18-7-6-17(3)20(25)13-18/h4-7,12-13H,8-11,14H2,1-3H3,(H,26,31). The summed E-state index contributed by atoms with van der Waals surface area (Å²) in [6.07, 6.45) is 0.669. The summed E-state index contributed by atoms with van der Waals surface area (Å²) < 4.78 is 13.8. The largest absolute Gasteiger partial charge is 0.338 e. The number of urea groups is 1. The number of carbonyl (C=O) groups excluding carboxylic acids is 3. The van der Waals surface area contributed by atoms with Crippen LogP contribution >= 0.6 is 0 Å². The van der Waals surface area contributed by atoms with Crippen molar-refractivity contribution in [2.45, 2.75) is 45.7 Å². The number of halogens is 1. The third-order valence-corrected chi connectivity index (χ3v) is 6.40. The van der Waals surface area contributed by atoms with Gasteiger partial charge < -0.3 is 10.2 Å². The lowest BCUT2D eigenvalue weighted by molar-refractivity contribution is -0.133. The van der Waals surface area contributed by atoms with Crippen molar-refractivity contribution in [1.82, 2.24) is 15.1 Å². The third kappa shape index (κ3) is 3.80. The van der Waals surface area contributed by atoms with Crippen LogP contribution in [0, 0.1) is 26.6 Å². The van der Waals surface area contributed by atoms with Crippen LogP contribution in [0.15, 0.2) is 36.4 Å². The fourth-order valence-corrected chi connectivity index (χ4v) is 4.30. The average molecular weight is 423 g/mol. The fourth-order valence-electron chi connectivity index (χ4n) is 4.30. The molecule has 2 heterocycles. The number of amides is 4. The molecule has 0 saturated carbocycles. The molecule has 2 saturated heterocycles. The molecule has 0 radical (unpaired) electrons. The molecule has 1 spiro atoms. The van der Waals surface area contributed by atoms with Gasteiger partial charge in [0.15, 0.2) is 0 Å². The Hall–Kier alpha value is -3.22. The van der Waals surface area contributed by atoms with Gasteiger partial charge in [-0.1, -0.05) is 29.8 Å². The molecule has 162 valence electrons. The first-order chi connectivity index (χ1) is 14.7. The second kappa shape index (κ2) is 7.80. The van der Waals surface area contributed by atoms with Crippen LogP contribution in [-0.2, 0) is 11.3 Å². The van der Waals surface area contributed by atoms with Gasteiger partial charge in [0.05, 0.1) is 6.54 Å². The molecule has 0 aromatic heterocycles. The highest BCUT2D eigenvalue weighted by molar-refractivity contribution is 6.07. The highest BCUT2D eigenvalue weighted by atomic mass is 19.1. The Morgan fingerprint density at radius 3 is 2.39 bits per heavy atom. The Balaban J connectivity index is 1.46. The van der Waals surface area contributed by atoms with E-state index in [1.54, 1.807) is 24.0 Å². The number of imide groups is 1. The van der Waals surface area contributed by atoms with Gasteiger partial charge in [-0.15, -0.1) is 0 Å². The number of aryl methyl sites for hydroxylation is 3. The molecular formula is C24H26FN3O3. The lowest BCUT2D eigenvalue weighted by Gasteiger charge is -2.37. The monoisotopic (exact) mass is 423 g/mol. The van der Waals surface area contributed by atoms with E-state index in [4.69, 9.17) is 0 Å². The number of nitrogens with zero attached hydrogens (tertiary/aromatic N) is 2. The van der Waals surface area contributed by atoms with Gasteiger partial charge in [0.1, 0.15) is 11.4 Å². The molecule has 6 nitrogen and oxygen atoms in total. The number of nitrogens with one attached hydrogen (secondary N) is 1. The van der Waals surface area contributed by atoms with Crippen molar-refractivity contribution in [3.8, 4) is 0 Å². The summed E-state index contributed by atoms with van der Waals surface area (Å²) in [6.45, 7) is 6.44. The van der Waals surface area contributed by atoms with Gasteiger partial charge in [-0.05, 0) is 62.4 Å². The van der Waals surface area contributed by atoms with Crippen molar-refractivity contribution >= 4 is 17.8 Å². The van der Waals surface area contributed by atoms with Gasteiger partial charge in [0, 0.05) is 18.7 Å². The van der Waals surface area contributed by atoms with Crippen molar-refractivity contribution in [1.29, 1.82) is 0 Å². The van der Waals surface area contributed by atoms with Gasteiger partial charge >= 0.3 is 6.03 Å². The maximum Gasteiger partial charge on any atom is 0.325 e. The van der Waals surface area contributed by atoms with Crippen molar-refractivity contribution < 1.29 is 18.8 Å². The minimum atomic E-state index is -0.982. The first-order valence-corrected chi connectivity index (χ1v) is 10.5. The summed E-state index contributed by atoms with van der Waals surface area (Å²) in [4.78, 5) is 41.5. The molecule has 31 heavy (non-hydrogen) atoms. The van der Waals surface area contributed by atoms with Crippen LogP contribution in [0.2, 0.25) is 0 Å². The summed E-state index contributed by atoms with van der Waals surface area (Å²) in [5, 5.41) is 2.88. The minimum Gasteiger partial charge on any atom is -0.338 e. The summed E-state index contributed by atoms with van der Waals surface area (Å²) in [5.74, 6) is -0.927. The van der Waals surface area contributed by atoms with E-state index in [1.807, 2.05) is 32.0 Å². The first kappa shape index (κ1) is 21.0. The fraction of sp³-hybridized carbons (Fsp3) is 0.375. The first-order valence-electron chi connectivity index (χ1n) is 10.5. The van der Waals surface area contributed by atoms with Crippen LogP contribution in [0.4, 0.5) is 9.18 Å². The third-order valence-electron chi connectivity index (χ3n) is 6.40. The predicted octanol–water partition coefficient (Wildman–Crippen LogP) is 3.48. The summed E-state index contributed by atoms with van der Waals surface area (Å²) >= 11 is 0. The van der Waals surface area contributed by atoms with Crippen LogP contribution in [0.1, 0.15) is 45.5 Å². The van der Waals surface area contributed by atoms with E-state index in [-0.39, 0.29) is 23.9 Å². The maximum atomic E-state index is 13.8. The number of likely N-dealkylation sites (tertiary alicyclic amines) is 1. The van der Waals surface area contributed by atoms with Crippen molar-refractivity contribution in [3.05, 3.63) is 70.0 Å². The zero-order valence-corrected chi connectivity index (χ0v) is 18.0. The Kier molecular flexibility index (Phi) is 5.29. The molecule has 0 atom stereocenters. The summed E-state index contributed by atoms with van der Waals surface area (Å²) in [7, 11) is 0. The number of hydrogen-bond donors (Lipinski definition) is 1. The summed E-state index contributed by atoms with van der Waals surface area (Å²) in [5.41, 5.74) is 2.83. The van der Waals surface area contributed by atoms with E-state index in [0.717, 1.165) is 16.7 Å². The van der Waals surface area contributed by atoms with Crippen LogP contribution in [0.25, 0.3) is 0 Å². The molecule has 0 bridgehead atoms. The van der Waals surface area contributed by atoms with E-state index in [2.05, 4.69) is 5.32 Å². The van der Waals surface area contributed by atoms with Gasteiger partial charge in [-0.25, -0.2) is 9.18 Å². The van der Waals surface area contributed by atoms with Gasteiger partial charge in [0.25, 0.3) is 11.8 Å². The zero-order valence-electron chi connectivity index (χ0n) is 18.0. The van der Waals surface area contributed by atoms with E-state index in [9.17, 15) is 18.8 Å². The van der Waals surface area contributed by atoms with E-state index >= 15 is 0 Å². The molecule has 4 amide bonds. The smallest absolute Gasteiger partial charge is 0.325 e. The predicted molar refractivity (Wildman–Crippen MR) is 114 cm³/mol. The van der Waals surface area contributed by atoms with Crippen LogP contribution < -0.4 is 5.32 Å². The Morgan fingerprint density at radius 1 is 1.03 bits per heavy atom. The number of hydrogen-bond acceptors (Lipinski definition) is 3. The molecule has 2 aliphatic rings. The van der Waals surface area contributed by atoms with Crippen LogP contribution in [0.3, 0.4) is 0 Å². The average Bonchev–Trinajstić information content (AvgIpc) is 2.96. The molecule has 4 rings (SSSR count). The highest BCUT2D eigenvalue weighted by Gasteiger charge is 2.52. The van der Waals surface area contributed by atoms with Crippen LogP contribution in [-0.4, -0.2) is 46.3 Å². The van der Waals surface area contributed by atoms with Crippen molar-refractivity contribution in [2.24, 2.45) is 0 Å². The Labute approximate surface area is 181 Å². The Bertz CT molecular complexity index is 1070. The number of benzene rings is 2. The van der Waals surface area contributed by atoms with E-state index in [1.165, 1.54) is 11.0 Å². The van der Waals surface area contributed by atoms with Crippen molar-refractivity contribution in [3.63, 3.8) is 0 Å². The van der Waals surface area contributed by atoms with Gasteiger partial charge in [0.2, 0.25) is 0 Å². The zero-order chi connectivity index (χ0) is 22.3. The molecule has 7 heteroatoms. The van der Waals surface area contributed by atoms with Crippen molar-refractivity contribution in [2.75, 3.05) is 13.1 Å². The Morgan fingerprint density at radius 2 is 1.71 bits per heavy atom. The normalized spacial score (nSPS) is 17.9. The lowest BCUT2D eigenvalue weighted by Crippen LogP contribution is -2.55. The topological polar surface area (TPSA) is 69.7 Å². The molecule has 0 unspecified atom stereocenters.